The SMILES string of the molecule is CCCCn1nnnc1CSc1nnc(N)s1. The van der Waals surface area contributed by atoms with Crippen LogP contribution in [-0.4, -0.2) is 30.4 Å². The average molecular weight is 271 g/mol. The summed E-state index contributed by atoms with van der Waals surface area (Å²) in [5, 5.41) is 19.8. The molecule has 2 aromatic heterocycles. The highest BCUT2D eigenvalue weighted by Gasteiger charge is 2.08. The van der Waals surface area contributed by atoms with Gasteiger partial charge in [-0.2, -0.15) is 0 Å². The van der Waals surface area contributed by atoms with Gasteiger partial charge in [-0.25, -0.2) is 4.68 Å². The number of nitrogens with zero attached hydrogens (tertiary/aromatic N) is 6. The van der Waals surface area contributed by atoms with Crippen LogP contribution in [0.25, 0.3) is 0 Å². The number of anilines is 1. The zero-order chi connectivity index (χ0) is 12.1. The monoisotopic (exact) mass is 271 g/mol. The number of hydrogen-bond acceptors (Lipinski definition) is 8. The molecule has 0 fully saturated rings. The fourth-order valence-corrected chi connectivity index (χ4v) is 2.78. The summed E-state index contributed by atoms with van der Waals surface area (Å²) in [4.78, 5) is 0. The number of hydrogen-bond donors (Lipinski definition) is 1. The van der Waals surface area contributed by atoms with Gasteiger partial charge in [0.15, 0.2) is 10.2 Å². The van der Waals surface area contributed by atoms with Crippen molar-refractivity contribution >= 4 is 28.2 Å². The molecule has 17 heavy (non-hydrogen) atoms. The maximum Gasteiger partial charge on any atom is 0.203 e. The molecule has 92 valence electrons. The third-order valence-corrected chi connectivity index (χ3v) is 3.96. The van der Waals surface area contributed by atoms with Crippen molar-refractivity contribution in [1.82, 2.24) is 30.4 Å². The minimum absolute atomic E-state index is 0.484. The molecule has 0 radical (unpaired) electrons. The number of aromatic nitrogens is 6. The number of unbranched alkanes of at least 4 members (excludes halogenated alkanes) is 1. The van der Waals surface area contributed by atoms with E-state index < -0.39 is 0 Å². The van der Waals surface area contributed by atoms with Gasteiger partial charge in [-0.15, -0.1) is 15.3 Å². The van der Waals surface area contributed by atoms with E-state index in [0.717, 1.165) is 29.6 Å². The van der Waals surface area contributed by atoms with Gasteiger partial charge in [0.1, 0.15) is 0 Å². The van der Waals surface area contributed by atoms with Crippen LogP contribution in [-0.2, 0) is 12.3 Å². The lowest BCUT2D eigenvalue weighted by molar-refractivity contribution is 0.540. The lowest BCUT2D eigenvalue weighted by atomic mass is 10.3. The van der Waals surface area contributed by atoms with Crippen LogP contribution in [0.1, 0.15) is 25.6 Å². The van der Waals surface area contributed by atoms with Gasteiger partial charge in [0.05, 0.1) is 5.75 Å². The Hall–Kier alpha value is -1.22. The van der Waals surface area contributed by atoms with Gasteiger partial charge in [0.2, 0.25) is 5.13 Å². The van der Waals surface area contributed by atoms with E-state index in [1.165, 1.54) is 11.3 Å². The largest absolute Gasteiger partial charge is 0.374 e. The molecule has 0 aliphatic rings. The Morgan fingerprint density at radius 3 is 2.94 bits per heavy atom. The summed E-state index contributed by atoms with van der Waals surface area (Å²) < 4.78 is 2.67. The summed E-state index contributed by atoms with van der Waals surface area (Å²) in [6, 6.07) is 0. The quantitative estimate of drug-likeness (QED) is 0.788. The van der Waals surface area contributed by atoms with Gasteiger partial charge in [-0.3, -0.25) is 0 Å². The maximum atomic E-state index is 5.51. The van der Waals surface area contributed by atoms with Gasteiger partial charge < -0.3 is 5.73 Å². The fraction of sp³-hybridized carbons (Fsp3) is 0.625. The second kappa shape index (κ2) is 5.92. The second-order valence-corrected chi connectivity index (χ2v) is 5.60. The van der Waals surface area contributed by atoms with Crippen molar-refractivity contribution in [2.75, 3.05) is 5.73 Å². The normalized spacial score (nSPS) is 10.9. The predicted molar refractivity (Wildman–Crippen MR) is 66.6 cm³/mol. The van der Waals surface area contributed by atoms with Crippen LogP contribution >= 0.6 is 23.1 Å². The number of tetrazole rings is 1. The van der Waals surface area contributed by atoms with Crippen LogP contribution in [0.2, 0.25) is 0 Å². The van der Waals surface area contributed by atoms with E-state index in [4.69, 9.17) is 5.73 Å². The topological polar surface area (TPSA) is 95.4 Å². The molecule has 2 aromatic rings. The summed E-state index contributed by atoms with van der Waals surface area (Å²) in [5.41, 5.74) is 5.51. The van der Waals surface area contributed by atoms with Crippen molar-refractivity contribution in [2.45, 2.75) is 36.4 Å². The third-order valence-electron chi connectivity index (χ3n) is 2.08. The molecule has 0 spiro atoms. The summed E-state index contributed by atoms with van der Waals surface area (Å²) in [6.07, 6.45) is 2.20. The van der Waals surface area contributed by atoms with Crippen molar-refractivity contribution < 1.29 is 0 Å². The van der Waals surface area contributed by atoms with Crippen LogP contribution in [0.15, 0.2) is 4.34 Å². The Morgan fingerprint density at radius 1 is 1.35 bits per heavy atom. The molecule has 0 bridgehead atoms. The standard InChI is InChI=1S/C8H13N7S2/c1-2-3-4-15-6(10-13-14-15)5-16-8-12-11-7(9)17-8/h2-5H2,1H3,(H2,9,11). The van der Waals surface area contributed by atoms with Crippen molar-refractivity contribution in [3.05, 3.63) is 5.82 Å². The molecule has 0 atom stereocenters. The molecule has 0 aromatic carbocycles. The van der Waals surface area contributed by atoms with Gasteiger partial charge in [0.25, 0.3) is 0 Å². The lowest BCUT2D eigenvalue weighted by Gasteiger charge is -2.01. The fourth-order valence-electron chi connectivity index (χ4n) is 1.21. The van der Waals surface area contributed by atoms with Gasteiger partial charge in [-0.05, 0) is 16.8 Å². The maximum absolute atomic E-state index is 5.51. The Balaban J connectivity index is 1.92. The molecule has 9 heteroatoms. The number of thioether (sulfide) groups is 1. The first-order chi connectivity index (χ1) is 8.29. The summed E-state index contributed by atoms with van der Waals surface area (Å²) in [6.45, 7) is 3.00. The van der Waals surface area contributed by atoms with E-state index in [1.807, 2.05) is 4.68 Å². The molecular weight excluding hydrogens is 258 g/mol. The zero-order valence-electron chi connectivity index (χ0n) is 9.41. The average Bonchev–Trinajstić information content (AvgIpc) is 2.92. The van der Waals surface area contributed by atoms with E-state index >= 15 is 0 Å². The molecule has 2 N–H and O–H groups in total. The highest BCUT2D eigenvalue weighted by Crippen LogP contribution is 2.25. The summed E-state index contributed by atoms with van der Waals surface area (Å²) in [5.74, 6) is 1.54. The minimum Gasteiger partial charge on any atom is -0.374 e. The van der Waals surface area contributed by atoms with Gasteiger partial charge in [0, 0.05) is 6.54 Å². The lowest BCUT2D eigenvalue weighted by Crippen LogP contribution is -2.04. The molecule has 0 aliphatic heterocycles. The Bertz CT molecular complexity index is 466. The zero-order valence-corrected chi connectivity index (χ0v) is 11.0. The molecule has 0 amide bonds. The van der Waals surface area contributed by atoms with Crippen LogP contribution in [0.5, 0.6) is 0 Å². The Kier molecular flexibility index (Phi) is 4.26. The third kappa shape index (κ3) is 3.37. The molecule has 2 heterocycles. The molecule has 0 saturated heterocycles. The van der Waals surface area contributed by atoms with Crippen molar-refractivity contribution in [1.29, 1.82) is 0 Å². The van der Waals surface area contributed by atoms with Gasteiger partial charge >= 0.3 is 0 Å². The smallest absolute Gasteiger partial charge is 0.203 e. The first-order valence-electron chi connectivity index (χ1n) is 5.26. The molecule has 0 saturated carbocycles. The Morgan fingerprint density at radius 2 is 2.24 bits per heavy atom. The van der Waals surface area contributed by atoms with Crippen molar-refractivity contribution in [3.8, 4) is 0 Å². The number of nitrogen functional groups attached to an aromatic ring is 1. The number of rotatable bonds is 6. The van der Waals surface area contributed by atoms with Crippen LogP contribution in [0.4, 0.5) is 5.13 Å². The molecule has 7 nitrogen and oxygen atoms in total. The molecule has 0 aliphatic carbocycles. The van der Waals surface area contributed by atoms with Gasteiger partial charge in [-0.1, -0.05) is 36.4 Å². The van der Waals surface area contributed by atoms with Crippen LogP contribution in [0.3, 0.4) is 0 Å². The van der Waals surface area contributed by atoms with Crippen LogP contribution < -0.4 is 5.73 Å². The molecule has 0 unspecified atom stereocenters. The first kappa shape index (κ1) is 12.2. The van der Waals surface area contributed by atoms with Crippen LogP contribution in [0, 0.1) is 0 Å². The second-order valence-electron chi connectivity index (χ2n) is 3.37. The summed E-state index contributed by atoms with van der Waals surface area (Å²) in [7, 11) is 0. The van der Waals surface area contributed by atoms with E-state index in [0.29, 0.717) is 10.9 Å². The van der Waals surface area contributed by atoms with E-state index in [2.05, 4.69) is 32.6 Å². The minimum atomic E-state index is 0.484. The number of nitrogens with two attached hydrogens (primary N) is 1. The first-order valence-corrected chi connectivity index (χ1v) is 7.06. The predicted octanol–water partition coefficient (Wildman–Crippen LogP) is 1.20. The van der Waals surface area contributed by atoms with Crippen molar-refractivity contribution in [3.63, 3.8) is 0 Å². The Labute approximate surface area is 107 Å². The van der Waals surface area contributed by atoms with E-state index in [9.17, 15) is 0 Å². The van der Waals surface area contributed by atoms with E-state index in [-0.39, 0.29) is 0 Å². The highest BCUT2D eigenvalue weighted by atomic mass is 32.2. The van der Waals surface area contributed by atoms with E-state index in [1.54, 1.807) is 11.8 Å². The van der Waals surface area contributed by atoms with Crippen molar-refractivity contribution in [2.24, 2.45) is 0 Å². The molecular formula is C8H13N7S2. The summed E-state index contributed by atoms with van der Waals surface area (Å²) >= 11 is 2.92. The number of aryl methyl sites for hydroxylation is 1. The highest BCUT2D eigenvalue weighted by molar-refractivity contribution is 8.00. The molecule has 2 rings (SSSR count).